The van der Waals surface area contributed by atoms with Crippen LogP contribution in [-0.4, -0.2) is 66.7 Å². The number of amides is 1. The molecule has 7 heteroatoms. The van der Waals surface area contributed by atoms with Gasteiger partial charge in [0.25, 0.3) is 5.88 Å². The highest BCUT2D eigenvalue weighted by Crippen LogP contribution is 2.31. The van der Waals surface area contributed by atoms with Crippen molar-refractivity contribution in [2.24, 2.45) is 5.92 Å². The number of carbonyl (C=O) groups is 1. The maximum Gasteiger partial charge on any atom is 0.258 e. The van der Waals surface area contributed by atoms with Crippen LogP contribution >= 0.6 is 0 Å². The standard InChI is InChI=1S/C26H31N5O2/c1-2-33-25-24(27-22-12-6-7-13-23(22)28-25)31-14-8-9-20(19-31)26(32)30-17-15-29(16-18-30)21-10-4-3-5-11-21/h3-7,10-13,20H,2,8-9,14-19H2,1H3/t20-/m1/s1. The number of carbonyl (C=O) groups excluding carboxylic acids is 1. The number of ether oxygens (including phenoxy) is 1. The van der Waals surface area contributed by atoms with E-state index in [1.165, 1.54) is 5.69 Å². The average Bonchev–Trinajstić information content (AvgIpc) is 2.89. The predicted molar refractivity (Wildman–Crippen MR) is 131 cm³/mol. The van der Waals surface area contributed by atoms with Crippen LogP contribution in [0.3, 0.4) is 0 Å². The lowest BCUT2D eigenvalue weighted by molar-refractivity contribution is -0.136. The monoisotopic (exact) mass is 445 g/mol. The minimum absolute atomic E-state index is 0.0234. The second-order valence-electron chi connectivity index (χ2n) is 8.71. The van der Waals surface area contributed by atoms with Crippen molar-refractivity contribution in [1.29, 1.82) is 0 Å². The summed E-state index contributed by atoms with van der Waals surface area (Å²) in [7, 11) is 0. The number of benzene rings is 2. The van der Waals surface area contributed by atoms with E-state index in [0.717, 1.165) is 62.4 Å². The van der Waals surface area contributed by atoms with Crippen molar-refractivity contribution >= 4 is 28.4 Å². The Hall–Kier alpha value is -3.35. The molecule has 0 N–H and O–H groups in total. The van der Waals surface area contributed by atoms with E-state index in [0.29, 0.717) is 19.0 Å². The molecule has 3 heterocycles. The predicted octanol–water partition coefficient (Wildman–Crippen LogP) is 3.59. The minimum atomic E-state index is -0.0234. The van der Waals surface area contributed by atoms with Gasteiger partial charge in [0.1, 0.15) is 0 Å². The van der Waals surface area contributed by atoms with Crippen molar-refractivity contribution in [2.75, 3.05) is 55.7 Å². The lowest BCUT2D eigenvalue weighted by Crippen LogP contribution is -2.52. The second kappa shape index (κ2) is 9.65. The number of anilines is 2. The molecule has 0 saturated carbocycles. The van der Waals surface area contributed by atoms with Gasteiger partial charge in [-0.2, -0.15) is 0 Å². The first-order valence-electron chi connectivity index (χ1n) is 12.0. The Morgan fingerprint density at radius 3 is 2.33 bits per heavy atom. The van der Waals surface area contributed by atoms with Gasteiger partial charge in [0.15, 0.2) is 5.82 Å². The van der Waals surface area contributed by atoms with Gasteiger partial charge in [-0.1, -0.05) is 30.3 Å². The fourth-order valence-electron chi connectivity index (χ4n) is 4.87. The Balaban J connectivity index is 1.28. The first-order valence-corrected chi connectivity index (χ1v) is 12.0. The van der Waals surface area contributed by atoms with E-state index in [1.807, 2.05) is 42.2 Å². The second-order valence-corrected chi connectivity index (χ2v) is 8.71. The molecule has 2 fully saturated rings. The summed E-state index contributed by atoms with van der Waals surface area (Å²) < 4.78 is 5.85. The molecule has 3 aromatic rings. The maximum atomic E-state index is 13.4. The van der Waals surface area contributed by atoms with Gasteiger partial charge in [-0.25, -0.2) is 9.97 Å². The third-order valence-corrected chi connectivity index (χ3v) is 6.59. The number of aromatic nitrogens is 2. The molecular formula is C26H31N5O2. The number of hydrogen-bond donors (Lipinski definition) is 0. The zero-order valence-corrected chi connectivity index (χ0v) is 19.2. The quantitative estimate of drug-likeness (QED) is 0.598. The van der Waals surface area contributed by atoms with Crippen molar-refractivity contribution in [3.05, 3.63) is 54.6 Å². The van der Waals surface area contributed by atoms with Crippen LogP contribution in [0.2, 0.25) is 0 Å². The maximum absolute atomic E-state index is 13.4. The molecule has 172 valence electrons. The number of piperazine rings is 1. The number of rotatable bonds is 5. The molecule has 2 aliphatic rings. The lowest BCUT2D eigenvalue weighted by atomic mass is 9.96. The molecule has 33 heavy (non-hydrogen) atoms. The number of nitrogens with zero attached hydrogens (tertiary/aromatic N) is 5. The number of hydrogen-bond acceptors (Lipinski definition) is 6. The molecule has 2 saturated heterocycles. The lowest BCUT2D eigenvalue weighted by Gasteiger charge is -2.40. The van der Waals surface area contributed by atoms with Gasteiger partial charge in [-0.15, -0.1) is 0 Å². The summed E-state index contributed by atoms with van der Waals surface area (Å²) in [6, 6.07) is 18.3. The Kier molecular flexibility index (Phi) is 6.28. The molecule has 2 aromatic carbocycles. The summed E-state index contributed by atoms with van der Waals surface area (Å²) >= 11 is 0. The summed E-state index contributed by atoms with van der Waals surface area (Å²) in [5.41, 5.74) is 2.90. The zero-order valence-electron chi connectivity index (χ0n) is 19.2. The van der Waals surface area contributed by atoms with Gasteiger partial charge in [0, 0.05) is 45.0 Å². The van der Waals surface area contributed by atoms with Crippen LogP contribution in [0.15, 0.2) is 54.6 Å². The third-order valence-electron chi connectivity index (χ3n) is 6.59. The van der Waals surface area contributed by atoms with Gasteiger partial charge in [-0.3, -0.25) is 4.79 Å². The van der Waals surface area contributed by atoms with Crippen molar-refractivity contribution in [2.45, 2.75) is 19.8 Å². The van der Waals surface area contributed by atoms with Gasteiger partial charge in [0.2, 0.25) is 5.91 Å². The number of piperidine rings is 1. The van der Waals surface area contributed by atoms with Gasteiger partial charge < -0.3 is 19.4 Å². The van der Waals surface area contributed by atoms with Crippen LogP contribution in [0.5, 0.6) is 5.88 Å². The van der Waals surface area contributed by atoms with Crippen LogP contribution in [0.25, 0.3) is 11.0 Å². The topological polar surface area (TPSA) is 61.8 Å². The van der Waals surface area contributed by atoms with Gasteiger partial charge in [-0.05, 0) is 44.0 Å². The molecule has 0 bridgehead atoms. The summed E-state index contributed by atoms with van der Waals surface area (Å²) in [6.45, 7) is 7.28. The molecule has 0 spiro atoms. The van der Waals surface area contributed by atoms with E-state index >= 15 is 0 Å². The molecule has 5 rings (SSSR count). The molecule has 2 aliphatic heterocycles. The Morgan fingerprint density at radius 1 is 0.909 bits per heavy atom. The van der Waals surface area contributed by atoms with Crippen molar-refractivity contribution in [3.63, 3.8) is 0 Å². The van der Waals surface area contributed by atoms with E-state index in [4.69, 9.17) is 14.7 Å². The van der Waals surface area contributed by atoms with Gasteiger partial charge in [0.05, 0.1) is 23.6 Å². The summed E-state index contributed by atoms with van der Waals surface area (Å²) in [5.74, 6) is 1.55. The molecule has 0 radical (unpaired) electrons. The molecule has 0 aliphatic carbocycles. The highest BCUT2D eigenvalue weighted by Gasteiger charge is 2.32. The van der Waals surface area contributed by atoms with Crippen molar-refractivity contribution < 1.29 is 9.53 Å². The van der Waals surface area contributed by atoms with Crippen LogP contribution in [0.1, 0.15) is 19.8 Å². The van der Waals surface area contributed by atoms with Gasteiger partial charge >= 0.3 is 0 Å². The van der Waals surface area contributed by atoms with Crippen molar-refractivity contribution in [1.82, 2.24) is 14.9 Å². The zero-order chi connectivity index (χ0) is 22.6. The van der Waals surface area contributed by atoms with Crippen LogP contribution in [0.4, 0.5) is 11.5 Å². The van der Waals surface area contributed by atoms with Crippen molar-refractivity contribution in [3.8, 4) is 5.88 Å². The van der Waals surface area contributed by atoms with E-state index < -0.39 is 0 Å². The number of fused-ring (bicyclic) bond motifs is 1. The Labute approximate surface area is 195 Å². The molecule has 1 amide bonds. The largest absolute Gasteiger partial charge is 0.475 e. The fraction of sp³-hybridized carbons (Fsp3) is 0.423. The molecular weight excluding hydrogens is 414 g/mol. The fourth-order valence-corrected chi connectivity index (χ4v) is 4.87. The first kappa shape index (κ1) is 21.5. The smallest absolute Gasteiger partial charge is 0.258 e. The van der Waals surface area contributed by atoms with E-state index in [2.05, 4.69) is 34.1 Å². The average molecular weight is 446 g/mol. The normalized spacial score (nSPS) is 19.1. The Bertz CT molecular complexity index is 1100. The van der Waals surface area contributed by atoms with Crippen LogP contribution in [0, 0.1) is 5.92 Å². The molecule has 0 unspecified atom stereocenters. The summed E-state index contributed by atoms with van der Waals surface area (Å²) in [6.07, 6.45) is 1.87. The van der Waals surface area contributed by atoms with E-state index in [1.54, 1.807) is 0 Å². The van der Waals surface area contributed by atoms with Crippen LogP contribution in [-0.2, 0) is 4.79 Å². The van der Waals surface area contributed by atoms with E-state index in [-0.39, 0.29) is 11.8 Å². The third kappa shape index (κ3) is 4.58. The molecule has 1 aromatic heterocycles. The molecule has 7 nitrogen and oxygen atoms in total. The first-order chi connectivity index (χ1) is 16.2. The summed E-state index contributed by atoms with van der Waals surface area (Å²) in [4.78, 5) is 29.6. The summed E-state index contributed by atoms with van der Waals surface area (Å²) in [5, 5.41) is 0. The molecule has 1 atom stereocenters. The number of para-hydroxylation sites is 3. The highest BCUT2D eigenvalue weighted by molar-refractivity contribution is 5.81. The highest BCUT2D eigenvalue weighted by atomic mass is 16.5. The minimum Gasteiger partial charge on any atom is -0.475 e. The SMILES string of the molecule is CCOc1nc2ccccc2nc1N1CCC[C@@H](C(=O)N2CCN(c3ccccc3)CC2)C1. The van der Waals surface area contributed by atoms with E-state index in [9.17, 15) is 4.79 Å². The van der Waals surface area contributed by atoms with Crippen LogP contribution < -0.4 is 14.5 Å². The Morgan fingerprint density at radius 2 is 1.61 bits per heavy atom.